The highest BCUT2D eigenvalue weighted by Crippen LogP contribution is 2.37. The molecule has 3 aromatic carbocycles. The highest BCUT2D eigenvalue weighted by atomic mass is 35.5. The van der Waals surface area contributed by atoms with Gasteiger partial charge in [0.25, 0.3) is 11.8 Å². The lowest BCUT2D eigenvalue weighted by atomic mass is 10.0. The van der Waals surface area contributed by atoms with Gasteiger partial charge in [0, 0.05) is 10.7 Å². The van der Waals surface area contributed by atoms with E-state index in [1.165, 1.54) is 7.11 Å². The summed E-state index contributed by atoms with van der Waals surface area (Å²) in [6.07, 6.45) is 0. The molecule has 1 heterocycles. The minimum Gasteiger partial charge on any atom is -0.495 e. The van der Waals surface area contributed by atoms with Crippen molar-refractivity contribution in [2.45, 2.75) is 6.92 Å². The summed E-state index contributed by atoms with van der Waals surface area (Å²) in [7, 11) is 1.50. The number of benzene rings is 3. The fourth-order valence-electron chi connectivity index (χ4n) is 3.34. The van der Waals surface area contributed by atoms with E-state index < -0.39 is 11.8 Å². The zero-order chi connectivity index (χ0) is 21.3. The number of hydrogen-bond donors (Lipinski definition) is 1. The van der Waals surface area contributed by atoms with Gasteiger partial charge in [0.15, 0.2) is 0 Å². The molecule has 1 aliphatic heterocycles. The standard InChI is InChI=1S/C24H19ClN2O3/c1-15-7-13-18(14-8-15)26-22-21(16-9-11-17(25)12-10-16)23(28)27(24(22)29)19-5-3-4-6-20(19)30-2/h3-14,26H,1-2H3. The lowest BCUT2D eigenvalue weighted by Crippen LogP contribution is -2.32. The smallest absolute Gasteiger partial charge is 0.282 e. The maximum Gasteiger partial charge on any atom is 0.282 e. The first-order valence-electron chi connectivity index (χ1n) is 9.35. The molecular weight excluding hydrogens is 400 g/mol. The van der Waals surface area contributed by atoms with E-state index in [2.05, 4.69) is 5.32 Å². The summed E-state index contributed by atoms with van der Waals surface area (Å²) >= 11 is 6.02. The first-order chi connectivity index (χ1) is 14.5. The molecule has 1 N–H and O–H groups in total. The molecule has 4 rings (SSSR count). The summed E-state index contributed by atoms with van der Waals surface area (Å²) in [5.41, 5.74) is 3.29. The van der Waals surface area contributed by atoms with Crippen LogP contribution in [0.15, 0.2) is 78.5 Å². The number of nitrogens with one attached hydrogen (secondary N) is 1. The average Bonchev–Trinajstić information content (AvgIpc) is 3.00. The van der Waals surface area contributed by atoms with Gasteiger partial charge in [-0.15, -0.1) is 0 Å². The van der Waals surface area contributed by atoms with E-state index in [4.69, 9.17) is 16.3 Å². The predicted octanol–water partition coefficient (Wildman–Crippen LogP) is 5.05. The van der Waals surface area contributed by atoms with Crippen LogP contribution in [0.5, 0.6) is 5.75 Å². The van der Waals surface area contributed by atoms with Gasteiger partial charge in [0.1, 0.15) is 11.4 Å². The summed E-state index contributed by atoms with van der Waals surface area (Å²) in [5.74, 6) is -0.442. The van der Waals surface area contributed by atoms with Crippen LogP contribution in [0.3, 0.4) is 0 Å². The molecule has 0 bridgehead atoms. The van der Waals surface area contributed by atoms with Gasteiger partial charge in [-0.1, -0.05) is 53.6 Å². The highest BCUT2D eigenvalue weighted by molar-refractivity contribution is 6.46. The monoisotopic (exact) mass is 418 g/mol. The van der Waals surface area contributed by atoms with E-state index in [9.17, 15) is 9.59 Å². The summed E-state index contributed by atoms with van der Waals surface area (Å²) in [5, 5.41) is 3.69. The molecule has 6 heteroatoms. The van der Waals surface area contributed by atoms with Gasteiger partial charge in [-0.3, -0.25) is 9.59 Å². The van der Waals surface area contributed by atoms with Gasteiger partial charge in [-0.05, 0) is 48.9 Å². The molecule has 0 aliphatic carbocycles. The summed E-state index contributed by atoms with van der Waals surface area (Å²) in [4.78, 5) is 28.0. The summed E-state index contributed by atoms with van der Waals surface area (Å²) in [6, 6.07) is 21.4. The molecule has 3 aromatic rings. The minimum atomic E-state index is -0.449. The Morgan fingerprint density at radius 1 is 0.867 bits per heavy atom. The molecule has 2 amide bonds. The highest BCUT2D eigenvalue weighted by Gasteiger charge is 2.41. The van der Waals surface area contributed by atoms with Crippen molar-refractivity contribution in [2.24, 2.45) is 0 Å². The molecule has 0 aromatic heterocycles. The van der Waals surface area contributed by atoms with Crippen LogP contribution in [0.1, 0.15) is 11.1 Å². The Bertz CT molecular complexity index is 1150. The zero-order valence-corrected chi connectivity index (χ0v) is 17.2. The lowest BCUT2D eigenvalue weighted by Gasteiger charge is -2.18. The third kappa shape index (κ3) is 3.55. The van der Waals surface area contributed by atoms with E-state index >= 15 is 0 Å². The average molecular weight is 419 g/mol. The van der Waals surface area contributed by atoms with Crippen LogP contribution in [0.25, 0.3) is 5.57 Å². The second-order valence-corrected chi connectivity index (χ2v) is 7.30. The fraction of sp³-hybridized carbons (Fsp3) is 0.0833. The summed E-state index contributed by atoms with van der Waals surface area (Å²) < 4.78 is 5.38. The van der Waals surface area contributed by atoms with E-state index in [1.54, 1.807) is 48.5 Å². The van der Waals surface area contributed by atoms with Gasteiger partial charge >= 0.3 is 0 Å². The Balaban J connectivity index is 1.83. The topological polar surface area (TPSA) is 58.6 Å². The molecule has 0 fully saturated rings. The number of hydrogen-bond acceptors (Lipinski definition) is 4. The molecular formula is C24H19ClN2O3. The first-order valence-corrected chi connectivity index (χ1v) is 9.73. The third-order valence-corrected chi connectivity index (χ3v) is 5.12. The molecule has 0 atom stereocenters. The number of aryl methyl sites for hydroxylation is 1. The van der Waals surface area contributed by atoms with Crippen LogP contribution in [0.2, 0.25) is 5.02 Å². The van der Waals surface area contributed by atoms with Gasteiger partial charge in [0.2, 0.25) is 0 Å². The number of ether oxygens (including phenoxy) is 1. The quantitative estimate of drug-likeness (QED) is 0.589. The Kier molecular flexibility index (Phi) is 5.29. The first kappa shape index (κ1) is 19.7. The zero-order valence-electron chi connectivity index (χ0n) is 16.5. The van der Waals surface area contributed by atoms with Crippen molar-refractivity contribution in [2.75, 3.05) is 17.3 Å². The molecule has 30 heavy (non-hydrogen) atoms. The number of nitrogens with zero attached hydrogens (tertiary/aromatic N) is 1. The van der Waals surface area contributed by atoms with Gasteiger partial charge < -0.3 is 10.1 Å². The number of para-hydroxylation sites is 2. The molecule has 0 unspecified atom stereocenters. The molecule has 0 saturated carbocycles. The molecule has 0 radical (unpaired) electrons. The van der Waals surface area contributed by atoms with Crippen molar-refractivity contribution < 1.29 is 14.3 Å². The van der Waals surface area contributed by atoms with Crippen LogP contribution in [0.4, 0.5) is 11.4 Å². The SMILES string of the molecule is COc1ccccc1N1C(=O)C(Nc2ccc(C)cc2)=C(c2ccc(Cl)cc2)C1=O. The van der Waals surface area contributed by atoms with E-state index in [0.29, 0.717) is 27.7 Å². The normalized spacial score (nSPS) is 13.8. The Hall–Kier alpha value is -3.57. The van der Waals surface area contributed by atoms with E-state index in [1.807, 2.05) is 31.2 Å². The number of methoxy groups -OCH3 is 1. The second-order valence-electron chi connectivity index (χ2n) is 6.87. The van der Waals surface area contributed by atoms with Crippen molar-refractivity contribution >= 4 is 40.4 Å². The number of rotatable bonds is 5. The van der Waals surface area contributed by atoms with Crippen LogP contribution in [-0.4, -0.2) is 18.9 Å². The van der Waals surface area contributed by atoms with Crippen LogP contribution < -0.4 is 15.0 Å². The third-order valence-electron chi connectivity index (χ3n) is 4.86. The fourth-order valence-corrected chi connectivity index (χ4v) is 3.47. The maximum absolute atomic E-state index is 13.4. The van der Waals surface area contributed by atoms with Crippen molar-refractivity contribution in [3.8, 4) is 5.75 Å². The maximum atomic E-state index is 13.4. The number of carbonyl (C=O) groups excluding carboxylic acids is 2. The number of halogens is 1. The van der Waals surface area contributed by atoms with Gasteiger partial charge in [0.05, 0.1) is 18.4 Å². The molecule has 5 nitrogen and oxygen atoms in total. The van der Waals surface area contributed by atoms with Crippen molar-refractivity contribution in [3.63, 3.8) is 0 Å². The number of imide groups is 1. The lowest BCUT2D eigenvalue weighted by molar-refractivity contribution is -0.120. The number of amides is 2. The van der Waals surface area contributed by atoms with Crippen molar-refractivity contribution in [3.05, 3.63) is 94.6 Å². The van der Waals surface area contributed by atoms with Crippen LogP contribution >= 0.6 is 11.6 Å². The summed E-state index contributed by atoms with van der Waals surface area (Å²) in [6.45, 7) is 1.98. The molecule has 0 saturated heterocycles. The van der Waals surface area contributed by atoms with Crippen LogP contribution in [0, 0.1) is 6.92 Å². The number of carbonyl (C=O) groups is 2. The second kappa shape index (κ2) is 8.05. The van der Waals surface area contributed by atoms with E-state index in [0.717, 1.165) is 10.5 Å². The van der Waals surface area contributed by atoms with Crippen molar-refractivity contribution in [1.29, 1.82) is 0 Å². The minimum absolute atomic E-state index is 0.206. The van der Waals surface area contributed by atoms with Gasteiger partial charge in [-0.25, -0.2) is 4.90 Å². The van der Waals surface area contributed by atoms with Crippen molar-refractivity contribution in [1.82, 2.24) is 0 Å². The van der Waals surface area contributed by atoms with Crippen LogP contribution in [-0.2, 0) is 9.59 Å². The Morgan fingerprint density at radius 2 is 1.53 bits per heavy atom. The van der Waals surface area contributed by atoms with Gasteiger partial charge in [-0.2, -0.15) is 0 Å². The Morgan fingerprint density at radius 3 is 2.20 bits per heavy atom. The largest absolute Gasteiger partial charge is 0.495 e. The van der Waals surface area contributed by atoms with E-state index in [-0.39, 0.29) is 11.3 Å². The molecule has 0 spiro atoms. The Labute approximate surface area is 179 Å². The molecule has 1 aliphatic rings. The predicted molar refractivity (Wildman–Crippen MR) is 119 cm³/mol. The number of anilines is 2. The molecule has 150 valence electrons.